The molecule has 0 spiro atoms. The Bertz CT molecular complexity index is 481. The number of hydrogen-bond acceptors (Lipinski definition) is 2. The number of pyridine rings is 1. The van der Waals surface area contributed by atoms with Crippen LogP contribution in [0.4, 0.5) is 19.0 Å². The largest absolute Gasteiger partial charge is 0.417 e. The predicted molar refractivity (Wildman–Crippen MR) is 77.6 cm³/mol. The molecule has 1 aromatic heterocycles. The van der Waals surface area contributed by atoms with Crippen molar-refractivity contribution in [1.82, 2.24) is 4.98 Å². The first-order valence-corrected chi connectivity index (χ1v) is 7.69. The maximum absolute atomic E-state index is 12.6. The first kappa shape index (κ1) is 15.9. The number of hydrogen-bond donors (Lipinski definition) is 0. The Hall–Kier alpha value is -0.490. The van der Waals surface area contributed by atoms with E-state index in [1.165, 1.54) is 0 Å². The van der Waals surface area contributed by atoms with Gasteiger partial charge in [-0.1, -0.05) is 40.4 Å². The lowest BCUT2D eigenvalue weighted by Crippen LogP contribution is -2.41. The van der Waals surface area contributed by atoms with Gasteiger partial charge in [0.2, 0.25) is 0 Å². The lowest BCUT2D eigenvalue weighted by Gasteiger charge is -2.36. The molecule has 0 radical (unpaired) electrons. The summed E-state index contributed by atoms with van der Waals surface area (Å²) < 4.78 is 37.8. The first-order valence-electron chi connectivity index (χ1n) is 6.40. The fourth-order valence-corrected chi connectivity index (χ4v) is 3.75. The van der Waals surface area contributed by atoms with Crippen LogP contribution >= 0.6 is 27.5 Å². The van der Waals surface area contributed by atoms with Crippen molar-refractivity contribution in [2.75, 3.05) is 11.9 Å². The van der Waals surface area contributed by atoms with Crippen molar-refractivity contribution in [2.45, 2.75) is 42.7 Å². The molecule has 0 saturated heterocycles. The zero-order valence-corrected chi connectivity index (χ0v) is 13.3. The summed E-state index contributed by atoms with van der Waals surface area (Å²) in [6, 6.07) is 1.14. The van der Waals surface area contributed by atoms with Crippen LogP contribution in [0.15, 0.2) is 12.3 Å². The molecule has 2 unspecified atom stereocenters. The highest BCUT2D eigenvalue weighted by molar-refractivity contribution is 9.09. The third kappa shape index (κ3) is 3.39. The van der Waals surface area contributed by atoms with Gasteiger partial charge in [0.05, 0.1) is 10.6 Å². The third-order valence-corrected chi connectivity index (χ3v) is 4.97. The van der Waals surface area contributed by atoms with Gasteiger partial charge in [0.25, 0.3) is 0 Å². The number of alkyl halides is 4. The molecule has 112 valence electrons. The van der Waals surface area contributed by atoms with Gasteiger partial charge in [-0.2, -0.15) is 13.2 Å². The average molecular weight is 372 g/mol. The monoisotopic (exact) mass is 370 g/mol. The van der Waals surface area contributed by atoms with Crippen molar-refractivity contribution in [3.8, 4) is 0 Å². The lowest BCUT2D eigenvalue weighted by molar-refractivity contribution is -0.137. The van der Waals surface area contributed by atoms with E-state index >= 15 is 0 Å². The molecule has 0 bridgehead atoms. The highest BCUT2D eigenvalue weighted by Gasteiger charge is 2.33. The fourth-order valence-electron chi connectivity index (χ4n) is 2.50. The van der Waals surface area contributed by atoms with Crippen molar-refractivity contribution >= 4 is 33.3 Å². The number of nitrogens with zero attached hydrogens (tertiary/aromatic N) is 2. The van der Waals surface area contributed by atoms with Crippen molar-refractivity contribution in [2.24, 2.45) is 0 Å². The van der Waals surface area contributed by atoms with E-state index < -0.39 is 11.7 Å². The summed E-state index contributed by atoms with van der Waals surface area (Å²) in [5.41, 5.74) is -0.821. The molecule has 0 amide bonds. The second-order valence-electron chi connectivity index (χ2n) is 5.01. The summed E-state index contributed by atoms with van der Waals surface area (Å²) in [6.45, 7) is 0. The van der Waals surface area contributed by atoms with Gasteiger partial charge >= 0.3 is 6.18 Å². The number of halogens is 5. The molecule has 0 aliphatic heterocycles. The molecule has 7 heteroatoms. The topological polar surface area (TPSA) is 16.1 Å². The predicted octanol–water partition coefficient (Wildman–Crippen LogP) is 4.90. The van der Waals surface area contributed by atoms with Crippen molar-refractivity contribution in [3.63, 3.8) is 0 Å². The molecule has 1 heterocycles. The first-order chi connectivity index (χ1) is 9.30. The Kier molecular flexibility index (Phi) is 4.84. The summed E-state index contributed by atoms with van der Waals surface area (Å²) in [4.78, 5) is 6.09. The Morgan fingerprint density at radius 2 is 2.00 bits per heavy atom. The van der Waals surface area contributed by atoms with Gasteiger partial charge in [-0.3, -0.25) is 0 Å². The van der Waals surface area contributed by atoms with Crippen LogP contribution in [0.5, 0.6) is 0 Å². The van der Waals surface area contributed by atoms with Gasteiger partial charge in [0.1, 0.15) is 5.82 Å². The van der Waals surface area contributed by atoms with Gasteiger partial charge in [-0.05, 0) is 18.9 Å². The van der Waals surface area contributed by atoms with Gasteiger partial charge < -0.3 is 4.90 Å². The molecule has 2 nitrogen and oxygen atoms in total. The molecule has 2 rings (SSSR count). The van der Waals surface area contributed by atoms with E-state index in [2.05, 4.69) is 20.9 Å². The SMILES string of the molecule is CN(c1ncc(C(F)(F)F)cc1Cl)C1CCCCC1Br. The molecule has 20 heavy (non-hydrogen) atoms. The summed E-state index contributed by atoms with van der Waals surface area (Å²) >= 11 is 9.61. The fraction of sp³-hybridized carbons (Fsp3) is 0.615. The molecule has 1 saturated carbocycles. The Balaban J connectivity index is 2.24. The molecule has 1 aromatic rings. The normalized spacial score (nSPS) is 23.7. The molecule has 1 fully saturated rings. The Labute approximate surface area is 129 Å². The van der Waals surface area contributed by atoms with E-state index in [0.29, 0.717) is 10.6 Å². The van der Waals surface area contributed by atoms with Crippen molar-refractivity contribution < 1.29 is 13.2 Å². The molecule has 0 aromatic carbocycles. The van der Waals surface area contributed by atoms with Gasteiger partial charge in [0, 0.05) is 24.1 Å². The van der Waals surface area contributed by atoms with Crippen LogP contribution in [0.1, 0.15) is 31.2 Å². The second-order valence-corrected chi connectivity index (χ2v) is 6.59. The lowest BCUT2D eigenvalue weighted by atomic mass is 9.94. The summed E-state index contributed by atoms with van der Waals surface area (Å²) in [7, 11) is 1.83. The van der Waals surface area contributed by atoms with E-state index in [-0.39, 0.29) is 11.1 Å². The highest BCUT2D eigenvalue weighted by atomic mass is 79.9. The van der Waals surface area contributed by atoms with Crippen LogP contribution in [0.3, 0.4) is 0 Å². The second kappa shape index (κ2) is 6.10. The summed E-state index contributed by atoms with van der Waals surface area (Å²) in [5.74, 6) is 0.399. The number of anilines is 1. The minimum absolute atomic E-state index is 0.0348. The van der Waals surface area contributed by atoms with Crippen molar-refractivity contribution in [1.29, 1.82) is 0 Å². The van der Waals surface area contributed by atoms with Crippen LogP contribution in [0.2, 0.25) is 5.02 Å². The minimum atomic E-state index is -4.42. The third-order valence-electron chi connectivity index (χ3n) is 3.63. The van der Waals surface area contributed by atoms with Gasteiger partial charge in [-0.15, -0.1) is 0 Å². The zero-order valence-electron chi connectivity index (χ0n) is 10.9. The highest BCUT2D eigenvalue weighted by Crippen LogP contribution is 2.36. The van der Waals surface area contributed by atoms with Crippen LogP contribution in [0.25, 0.3) is 0 Å². The Morgan fingerprint density at radius 1 is 1.35 bits per heavy atom. The maximum Gasteiger partial charge on any atom is 0.417 e. The summed E-state index contributed by atoms with van der Waals surface area (Å²) in [5, 5.41) is 0.0348. The van der Waals surface area contributed by atoms with Crippen LogP contribution < -0.4 is 4.90 Å². The molecular formula is C13H15BrClF3N2. The van der Waals surface area contributed by atoms with Gasteiger partial charge in [0.15, 0.2) is 0 Å². The van der Waals surface area contributed by atoms with Gasteiger partial charge in [-0.25, -0.2) is 4.98 Å². The molecule has 1 aliphatic carbocycles. The molecule has 0 N–H and O–H groups in total. The zero-order chi connectivity index (χ0) is 14.9. The molecular weight excluding hydrogens is 357 g/mol. The van der Waals surface area contributed by atoms with E-state index in [9.17, 15) is 13.2 Å². The average Bonchev–Trinajstić information content (AvgIpc) is 2.37. The maximum atomic E-state index is 12.6. The minimum Gasteiger partial charge on any atom is -0.354 e. The summed E-state index contributed by atoms with van der Waals surface area (Å²) in [6.07, 6.45) is 0.711. The van der Waals surface area contributed by atoms with E-state index in [0.717, 1.165) is 37.9 Å². The number of rotatable bonds is 2. The van der Waals surface area contributed by atoms with E-state index in [1.807, 2.05) is 11.9 Å². The standard InChI is InChI=1S/C13H15BrClF3N2/c1-20(11-5-3-2-4-9(11)14)12-10(15)6-8(7-19-12)13(16,17)18/h6-7,9,11H,2-5H2,1H3. The van der Waals surface area contributed by atoms with Crippen LogP contribution in [-0.2, 0) is 6.18 Å². The van der Waals surface area contributed by atoms with Crippen LogP contribution in [0, 0.1) is 0 Å². The quantitative estimate of drug-likeness (QED) is 0.688. The van der Waals surface area contributed by atoms with Crippen molar-refractivity contribution in [3.05, 3.63) is 22.8 Å². The smallest absolute Gasteiger partial charge is 0.354 e. The van der Waals surface area contributed by atoms with Crippen LogP contribution in [-0.4, -0.2) is 22.9 Å². The van der Waals surface area contributed by atoms with E-state index in [1.54, 1.807) is 0 Å². The molecule has 2 atom stereocenters. The Morgan fingerprint density at radius 3 is 2.55 bits per heavy atom. The number of aromatic nitrogens is 1. The van der Waals surface area contributed by atoms with E-state index in [4.69, 9.17) is 11.6 Å². The molecule has 1 aliphatic rings.